The molecule has 2 aromatic rings. The second-order valence-electron chi connectivity index (χ2n) is 6.35. The van der Waals surface area contributed by atoms with Crippen LogP contribution in [0.4, 0.5) is 26.4 Å². The first-order valence-corrected chi connectivity index (χ1v) is 8.71. The average molecular weight is 373 g/mol. The topological polar surface area (TPSA) is 81.2 Å². The summed E-state index contributed by atoms with van der Waals surface area (Å²) in [5.41, 5.74) is 4.09. The summed E-state index contributed by atoms with van der Waals surface area (Å²) >= 11 is 0. The number of hydrogen-bond donors (Lipinski definition) is 2. The Morgan fingerprint density at radius 3 is 2.81 bits per heavy atom. The van der Waals surface area contributed by atoms with Gasteiger partial charge in [0.25, 0.3) is 0 Å². The summed E-state index contributed by atoms with van der Waals surface area (Å²) in [4.78, 5) is 19.4. The Hall–Kier alpha value is -2.91. The highest BCUT2D eigenvalue weighted by atomic mass is 19.1. The highest BCUT2D eigenvalue weighted by Crippen LogP contribution is 2.28. The van der Waals surface area contributed by atoms with E-state index in [-0.39, 0.29) is 13.2 Å². The predicted octanol–water partition coefficient (Wildman–Crippen LogP) is 1.33. The van der Waals surface area contributed by atoms with Crippen LogP contribution < -0.4 is 20.2 Å². The van der Waals surface area contributed by atoms with E-state index >= 15 is 0 Å². The maximum Gasteiger partial charge on any atom is 0.414 e. The summed E-state index contributed by atoms with van der Waals surface area (Å²) in [5, 5.41) is 11.0. The van der Waals surface area contributed by atoms with Crippen LogP contribution in [0.5, 0.6) is 0 Å². The van der Waals surface area contributed by atoms with Crippen LogP contribution in [0.2, 0.25) is 0 Å². The van der Waals surface area contributed by atoms with E-state index < -0.39 is 18.0 Å². The molecule has 0 unspecified atom stereocenters. The maximum atomic E-state index is 14.7. The van der Waals surface area contributed by atoms with Crippen molar-refractivity contribution in [3.05, 3.63) is 48.4 Å². The predicted molar refractivity (Wildman–Crippen MR) is 98.0 cm³/mol. The van der Waals surface area contributed by atoms with Gasteiger partial charge in [0.15, 0.2) is 0 Å². The van der Waals surface area contributed by atoms with Crippen molar-refractivity contribution >= 4 is 23.3 Å². The number of pyridine rings is 1. The minimum atomic E-state index is -0.580. The van der Waals surface area contributed by atoms with Crippen LogP contribution in [0, 0.1) is 5.82 Å². The molecule has 27 heavy (non-hydrogen) atoms. The molecule has 1 aromatic heterocycles. The van der Waals surface area contributed by atoms with Gasteiger partial charge in [0.2, 0.25) is 0 Å². The molecule has 2 aliphatic heterocycles. The quantitative estimate of drug-likeness (QED) is 0.837. The lowest BCUT2D eigenvalue weighted by Gasteiger charge is -2.37. The summed E-state index contributed by atoms with van der Waals surface area (Å²) in [5.74, 6) is 0.403. The van der Waals surface area contributed by atoms with Gasteiger partial charge in [-0.05, 0) is 30.3 Å². The molecule has 0 aliphatic carbocycles. The third-order valence-electron chi connectivity index (χ3n) is 4.63. The molecule has 2 fully saturated rings. The number of aliphatic hydroxyl groups is 1. The van der Waals surface area contributed by atoms with Crippen molar-refractivity contribution in [1.82, 2.24) is 10.4 Å². The van der Waals surface area contributed by atoms with Gasteiger partial charge in [-0.1, -0.05) is 6.07 Å². The number of aliphatic hydroxyl groups excluding tert-OH is 1. The van der Waals surface area contributed by atoms with E-state index in [0.717, 1.165) is 5.82 Å². The molecule has 3 heterocycles. The zero-order chi connectivity index (χ0) is 18.8. The number of nitrogens with zero attached hydrogens (tertiary/aromatic N) is 4. The number of hydrazine groups is 1. The van der Waals surface area contributed by atoms with Crippen molar-refractivity contribution in [2.24, 2.45) is 0 Å². The average Bonchev–Trinajstić information content (AvgIpc) is 3.10. The van der Waals surface area contributed by atoms with E-state index in [0.29, 0.717) is 31.1 Å². The van der Waals surface area contributed by atoms with Gasteiger partial charge in [-0.25, -0.2) is 19.6 Å². The fourth-order valence-corrected chi connectivity index (χ4v) is 3.21. The van der Waals surface area contributed by atoms with Crippen LogP contribution in [-0.2, 0) is 4.74 Å². The molecule has 0 saturated carbocycles. The van der Waals surface area contributed by atoms with Crippen molar-refractivity contribution in [1.29, 1.82) is 0 Å². The molecule has 1 amide bonds. The number of cyclic esters (lactones) is 1. The van der Waals surface area contributed by atoms with Gasteiger partial charge in [0.05, 0.1) is 37.7 Å². The zero-order valence-corrected chi connectivity index (χ0v) is 14.6. The molecule has 1 atom stereocenters. The summed E-state index contributed by atoms with van der Waals surface area (Å²) in [6.07, 6.45) is 0.572. The highest BCUT2D eigenvalue weighted by Gasteiger charge is 2.32. The number of carbonyl (C=O) groups excluding carboxylic acids is 1. The standard InChI is InChI=1S/C18H20FN5O3/c19-15-9-13(23-10-14(11-25)27-18(23)26)4-5-16(15)22-7-8-24(21-12-22)17-3-1-2-6-20-17/h1-6,9,14,21,25H,7-8,10-12H2/t14-/m1/s1. The number of ether oxygens (including phenoxy) is 1. The van der Waals surface area contributed by atoms with Crippen LogP contribution >= 0.6 is 0 Å². The van der Waals surface area contributed by atoms with Crippen LogP contribution in [0.25, 0.3) is 0 Å². The van der Waals surface area contributed by atoms with Gasteiger partial charge in [0.1, 0.15) is 17.7 Å². The molecule has 8 nitrogen and oxygen atoms in total. The number of nitrogens with one attached hydrogen (secondary N) is 1. The molecule has 142 valence electrons. The van der Waals surface area contributed by atoms with Gasteiger partial charge >= 0.3 is 6.09 Å². The minimum absolute atomic E-state index is 0.207. The van der Waals surface area contributed by atoms with Crippen molar-refractivity contribution in [3.8, 4) is 0 Å². The Morgan fingerprint density at radius 2 is 2.19 bits per heavy atom. The van der Waals surface area contributed by atoms with E-state index in [4.69, 9.17) is 9.84 Å². The Balaban J connectivity index is 1.44. The number of aromatic nitrogens is 1. The molecule has 9 heteroatoms. The van der Waals surface area contributed by atoms with E-state index in [2.05, 4.69) is 10.4 Å². The van der Waals surface area contributed by atoms with Crippen LogP contribution in [-0.4, -0.2) is 55.2 Å². The number of rotatable bonds is 4. The monoisotopic (exact) mass is 373 g/mol. The molecular weight excluding hydrogens is 353 g/mol. The lowest BCUT2D eigenvalue weighted by atomic mass is 10.2. The smallest absolute Gasteiger partial charge is 0.414 e. The Labute approximate surface area is 155 Å². The van der Waals surface area contributed by atoms with Crippen LogP contribution in [0.3, 0.4) is 0 Å². The summed E-state index contributed by atoms with van der Waals surface area (Å²) in [6.45, 7) is 1.66. The molecule has 1 aromatic carbocycles. The number of benzene rings is 1. The lowest BCUT2D eigenvalue weighted by molar-refractivity contribution is 0.0963. The number of anilines is 3. The molecular formula is C18H20FN5O3. The highest BCUT2D eigenvalue weighted by molar-refractivity contribution is 5.90. The molecule has 0 spiro atoms. The van der Waals surface area contributed by atoms with E-state index in [1.54, 1.807) is 18.3 Å². The van der Waals surface area contributed by atoms with Crippen LogP contribution in [0.1, 0.15) is 0 Å². The first-order valence-electron chi connectivity index (χ1n) is 8.71. The third kappa shape index (κ3) is 3.51. The summed E-state index contributed by atoms with van der Waals surface area (Å²) in [7, 11) is 0. The normalized spacial score (nSPS) is 20.1. The Morgan fingerprint density at radius 1 is 1.30 bits per heavy atom. The molecule has 0 bridgehead atoms. The maximum absolute atomic E-state index is 14.7. The van der Waals surface area contributed by atoms with Gasteiger partial charge < -0.3 is 14.7 Å². The fourth-order valence-electron chi connectivity index (χ4n) is 3.21. The second-order valence-corrected chi connectivity index (χ2v) is 6.35. The van der Waals surface area contributed by atoms with Crippen molar-refractivity contribution in [2.45, 2.75) is 6.10 Å². The van der Waals surface area contributed by atoms with E-state index in [9.17, 15) is 9.18 Å². The van der Waals surface area contributed by atoms with Crippen LogP contribution in [0.15, 0.2) is 42.6 Å². The van der Waals surface area contributed by atoms with E-state index in [1.165, 1.54) is 11.0 Å². The van der Waals surface area contributed by atoms with Gasteiger partial charge in [-0.2, -0.15) is 0 Å². The van der Waals surface area contributed by atoms with Crippen molar-refractivity contribution in [3.63, 3.8) is 0 Å². The number of amides is 1. The minimum Gasteiger partial charge on any atom is -0.441 e. The third-order valence-corrected chi connectivity index (χ3v) is 4.63. The lowest BCUT2D eigenvalue weighted by Crippen LogP contribution is -2.55. The van der Waals surface area contributed by atoms with Gasteiger partial charge in [-0.15, -0.1) is 0 Å². The summed E-state index contributed by atoms with van der Waals surface area (Å²) in [6, 6.07) is 10.3. The second kappa shape index (κ2) is 7.37. The first-order chi connectivity index (χ1) is 13.2. The number of halogens is 1. The molecule has 2 saturated heterocycles. The largest absolute Gasteiger partial charge is 0.441 e. The molecule has 4 rings (SSSR count). The van der Waals surface area contributed by atoms with Crippen molar-refractivity contribution < 1.29 is 19.0 Å². The number of hydrogen-bond acceptors (Lipinski definition) is 7. The first kappa shape index (κ1) is 17.5. The Bertz CT molecular complexity index is 814. The molecule has 2 aliphatic rings. The van der Waals surface area contributed by atoms with E-state index in [1.807, 2.05) is 28.1 Å². The fraction of sp³-hybridized carbons (Fsp3) is 0.333. The molecule has 2 N–H and O–H groups in total. The summed E-state index contributed by atoms with van der Waals surface area (Å²) < 4.78 is 19.7. The Kier molecular flexibility index (Phi) is 4.78. The SMILES string of the molecule is O=C1O[C@@H](CO)CN1c1ccc(N2CCN(c3ccccn3)NC2)c(F)c1. The van der Waals surface area contributed by atoms with Crippen molar-refractivity contribution in [2.75, 3.05) is 47.7 Å². The number of carbonyl (C=O) groups is 1. The van der Waals surface area contributed by atoms with Gasteiger partial charge in [0, 0.05) is 12.7 Å². The van der Waals surface area contributed by atoms with Gasteiger partial charge in [-0.3, -0.25) is 9.91 Å². The zero-order valence-electron chi connectivity index (χ0n) is 14.6. The molecule has 0 radical (unpaired) electrons.